The van der Waals surface area contributed by atoms with Gasteiger partial charge in [-0.25, -0.2) is 4.68 Å². The van der Waals surface area contributed by atoms with Gasteiger partial charge in [-0.1, -0.05) is 61.7 Å². The summed E-state index contributed by atoms with van der Waals surface area (Å²) in [5.74, 6) is 0.133. The number of benzene rings is 1. The first-order chi connectivity index (χ1) is 13.5. The van der Waals surface area contributed by atoms with Crippen molar-refractivity contribution in [1.29, 1.82) is 0 Å². The van der Waals surface area contributed by atoms with Crippen molar-refractivity contribution >= 4 is 11.8 Å². The average molecular weight is 381 g/mol. The van der Waals surface area contributed by atoms with Crippen LogP contribution in [0.5, 0.6) is 0 Å². The number of hydrogen-bond donors (Lipinski definition) is 1. The third-order valence-corrected chi connectivity index (χ3v) is 6.03. The molecule has 148 valence electrons. The Bertz CT molecular complexity index is 855. The number of nitrogens with one attached hydrogen (secondary N) is 1. The molecule has 1 saturated carbocycles. The lowest BCUT2D eigenvalue weighted by Gasteiger charge is -2.32. The van der Waals surface area contributed by atoms with E-state index in [1.54, 1.807) is 4.68 Å². The van der Waals surface area contributed by atoms with Crippen molar-refractivity contribution in [2.45, 2.75) is 65.2 Å². The van der Waals surface area contributed by atoms with Gasteiger partial charge in [0, 0.05) is 12.0 Å². The molecule has 0 saturated heterocycles. The normalized spacial score (nSPS) is 18.6. The van der Waals surface area contributed by atoms with Crippen LogP contribution in [0.1, 0.15) is 56.0 Å². The summed E-state index contributed by atoms with van der Waals surface area (Å²) in [6.45, 7) is 3.64. The summed E-state index contributed by atoms with van der Waals surface area (Å²) >= 11 is 0. The molecule has 28 heavy (non-hydrogen) atoms. The van der Waals surface area contributed by atoms with Crippen LogP contribution in [0.3, 0.4) is 0 Å². The fourth-order valence-electron chi connectivity index (χ4n) is 4.19. The van der Waals surface area contributed by atoms with E-state index in [0.29, 0.717) is 19.6 Å². The fourth-order valence-corrected chi connectivity index (χ4v) is 4.19. The maximum Gasteiger partial charge on any atom is 0.245 e. The number of carbonyl (C=O) groups is 2. The quantitative estimate of drug-likeness (QED) is 0.862. The van der Waals surface area contributed by atoms with Gasteiger partial charge in [0.2, 0.25) is 11.8 Å². The number of rotatable bonds is 5. The van der Waals surface area contributed by atoms with Crippen molar-refractivity contribution in [3.63, 3.8) is 0 Å². The zero-order valence-corrected chi connectivity index (χ0v) is 16.4. The van der Waals surface area contributed by atoms with Crippen LogP contribution < -0.4 is 5.32 Å². The number of amides is 2. The highest BCUT2D eigenvalue weighted by Crippen LogP contribution is 2.35. The summed E-state index contributed by atoms with van der Waals surface area (Å²) in [7, 11) is 0. The molecule has 2 heterocycles. The van der Waals surface area contributed by atoms with Crippen molar-refractivity contribution < 1.29 is 9.59 Å². The van der Waals surface area contributed by atoms with Gasteiger partial charge in [-0.2, -0.15) is 0 Å². The molecule has 1 aliphatic carbocycles. The maximum absolute atomic E-state index is 12.7. The SMILES string of the molecule is CC1(C(=O)NCc2nnn3c2CN(Cc2ccccc2)C(=O)C3)CCCCC1. The van der Waals surface area contributed by atoms with Gasteiger partial charge in [0.05, 0.1) is 18.8 Å². The van der Waals surface area contributed by atoms with Crippen LogP contribution in [0.4, 0.5) is 0 Å². The lowest BCUT2D eigenvalue weighted by Crippen LogP contribution is -2.41. The van der Waals surface area contributed by atoms with Crippen LogP contribution in [-0.2, 0) is 35.8 Å². The van der Waals surface area contributed by atoms with Crippen molar-refractivity contribution in [1.82, 2.24) is 25.2 Å². The molecule has 0 spiro atoms. The van der Waals surface area contributed by atoms with Gasteiger partial charge in [0.15, 0.2) is 0 Å². The Labute approximate surface area is 165 Å². The second kappa shape index (κ2) is 7.73. The average Bonchev–Trinajstić information content (AvgIpc) is 3.09. The molecule has 0 unspecified atom stereocenters. The monoisotopic (exact) mass is 381 g/mol. The van der Waals surface area contributed by atoms with Crippen LogP contribution in [0, 0.1) is 5.41 Å². The van der Waals surface area contributed by atoms with E-state index in [4.69, 9.17) is 0 Å². The highest BCUT2D eigenvalue weighted by Gasteiger charge is 2.35. The molecular formula is C21H27N5O2. The van der Waals surface area contributed by atoms with E-state index in [1.807, 2.05) is 35.2 Å². The minimum atomic E-state index is -0.277. The summed E-state index contributed by atoms with van der Waals surface area (Å²) in [5, 5.41) is 11.4. The molecule has 4 rings (SSSR count). The van der Waals surface area contributed by atoms with Gasteiger partial charge in [0.25, 0.3) is 0 Å². The summed E-state index contributed by atoms with van der Waals surface area (Å²) < 4.78 is 1.66. The van der Waals surface area contributed by atoms with Crippen molar-refractivity contribution in [3.05, 3.63) is 47.3 Å². The molecule has 7 nitrogen and oxygen atoms in total. The van der Waals surface area contributed by atoms with Gasteiger partial charge in [-0.15, -0.1) is 5.10 Å². The van der Waals surface area contributed by atoms with Gasteiger partial charge in [0.1, 0.15) is 12.2 Å². The second-order valence-corrected chi connectivity index (χ2v) is 8.18. The number of aromatic nitrogens is 3. The fraction of sp³-hybridized carbons (Fsp3) is 0.524. The van der Waals surface area contributed by atoms with Crippen LogP contribution >= 0.6 is 0 Å². The van der Waals surface area contributed by atoms with E-state index in [-0.39, 0.29) is 23.8 Å². The molecule has 2 aliphatic rings. The molecule has 1 aromatic carbocycles. The maximum atomic E-state index is 12.7. The third kappa shape index (κ3) is 3.79. The first-order valence-electron chi connectivity index (χ1n) is 10.1. The van der Waals surface area contributed by atoms with E-state index < -0.39 is 0 Å². The Kier molecular flexibility index (Phi) is 5.15. The van der Waals surface area contributed by atoms with Crippen LogP contribution in [0.15, 0.2) is 30.3 Å². The van der Waals surface area contributed by atoms with Gasteiger partial charge in [-0.05, 0) is 18.4 Å². The molecule has 1 aromatic heterocycles. The van der Waals surface area contributed by atoms with E-state index >= 15 is 0 Å². The molecule has 2 aromatic rings. The number of hydrogen-bond acceptors (Lipinski definition) is 4. The Hall–Kier alpha value is -2.70. The van der Waals surface area contributed by atoms with Crippen LogP contribution in [0.2, 0.25) is 0 Å². The zero-order chi connectivity index (χ0) is 19.6. The Morgan fingerprint density at radius 3 is 2.64 bits per heavy atom. The van der Waals surface area contributed by atoms with E-state index in [9.17, 15) is 9.59 Å². The van der Waals surface area contributed by atoms with Crippen molar-refractivity contribution in [2.75, 3.05) is 0 Å². The lowest BCUT2D eigenvalue weighted by molar-refractivity contribution is -0.135. The highest BCUT2D eigenvalue weighted by atomic mass is 16.2. The van der Waals surface area contributed by atoms with Gasteiger partial charge >= 0.3 is 0 Å². The number of fused-ring (bicyclic) bond motifs is 1. The molecule has 1 N–H and O–H groups in total. The smallest absolute Gasteiger partial charge is 0.245 e. The number of carbonyl (C=O) groups excluding carboxylic acids is 2. The standard InChI is InChI=1S/C21H27N5O2/c1-21(10-6-3-7-11-21)20(28)22-12-17-18-14-25(13-16-8-4-2-5-9-16)19(27)15-26(18)24-23-17/h2,4-5,8-9H,3,6-7,10-15H2,1H3,(H,22,28). The first kappa shape index (κ1) is 18.7. The van der Waals surface area contributed by atoms with Gasteiger partial charge < -0.3 is 10.2 Å². The summed E-state index contributed by atoms with van der Waals surface area (Å²) in [5.41, 5.74) is 2.47. The predicted molar refractivity (Wildman–Crippen MR) is 104 cm³/mol. The Morgan fingerprint density at radius 1 is 1.14 bits per heavy atom. The number of nitrogens with zero attached hydrogens (tertiary/aromatic N) is 4. The molecule has 1 aliphatic heterocycles. The molecule has 0 bridgehead atoms. The third-order valence-electron chi connectivity index (χ3n) is 6.03. The molecule has 2 amide bonds. The Morgan fingerprint density at radius 2 is 1.89 bits per heavy atom. The van der Waals surface area contributed by atoms with E-state index in [0.717, 1.165) is 42.6 Å². The van der Waals surface area contributed by atoms with Crippen LogP contribution in [0.25, 0.3) is 0 Å². The molecule has 7 heteroatoms. The molecule has 0 radical (unpaired) electrons. The lowest BCUT2D eigenvalue weighted by atomic mass is 9.75. The molecule has 0 atom stereocenters. The zero-order valence-electron chi connectivity index (χ0n) is 16.4. The Balaban J connectivity index is 1.43. The minimum Gasteiger partial charge on any atom is -0.350 e. The van der Waals surface area contributed by atoms with Gasteiger partial charge in [-0.3, -0.25) is 9.59 Å². The second-order valence-electron chi connectivity index (χ2n) is 8.18. The summed E-state index contributed by atoms with van der Waals surface area (Å²) in [6.07, 6.45) is 5.33. The van der Waals surface area contributed by atoms with Crippen LogP contribution in [-0.4, -0.2) is 31.7 Å². The molecular weight excluding hydrogens is 354 g/mol. The summed E-state index contributed by atoms with van der Waals surface area (Å²) in [4.78, 5) is 27.0. The first-order valence-corrected chi connectivity index (χ1v) is 10.1. The van der Waals surface area contributed by atoms with E-state index in [2.05, 4.69) is 22.6 Å². The summed E-state index contributed by atoms with van der Waals surface area (Å²) in [6, 6.07) is 9.95. The van der Waals surface area contributed by atoms with E-state index in [1.165, 1.54) is 6.42 Å². The highest BCUT2D eigenvalue weighted by molar-refractivity contribution is 5.82. The van der Waals surface area contributed by atoms with Crippen molar-refractivity contribution in [3.8, 4) is 0 Å². The minimum absolute atomic E-state index is 0.0338. The predicted octanol–water partition coefficient (Wildman–Crippen LogP) is 2.41. The largest absolute Gasteiger partial charge is 0.350 e. The topological polar surface area (TPSA) is 80.1 Å². The van der Waals surface area contributed by atoms with Crippen molar-refractivity contribution in [2.24, 2.45) is 5.41 Å². The molecule has 1 fully saturated rings.